The van der Waals surface area contributed by atoms with Crippen molar-refractivity contribution in [3.63, 3.8) is 0 Å². The van der Waals surface area contributed by atoms with E-state index in [2.05, 4.69) is 20.9 Å². The lowest BCUT2D eigenvalue weighted by Crippen LogP contribution is -2.48. The van der Waals surface area contributed by atoms with E-state index in [1.807, 2.05) is 31.2 Å². The highest BCUT2D eigenvalue weighted by atomic mass is 16.4. The monoisotopic (exact) mass is 461 g/mol. The highest BCUT2D eigenvalue weighted by Crippen LogP contribution is 2.16. The fourth-order valence-electron chi connectivity index (χ4n) is 2.78. The molecule has 0 radical (unpaired) electrons. The minimum absolute atomic E-state index is 0.360. The number of carbonyl (C=O) groups excluding carboxylic acids is 2. The Bertz CT molecular complexity index is 1030. The molecule has 1 aromatic heterocycles. The zero-order valence-corrected chi connectivity index (χ0v) is 17.6. The molecule has 0 spiro atoms. The molecule has 1 heterocycles. The van der Waals surface area contributed by atoms with Gasteiger partial charge in [0.1, 0.15) is 24.3 Å². The van der Waals surface area contributed by atoms with Crippen molar-refractivity contribution in [2.45, 2.75) is 44.8 Å². The van der Waals surface area contributed by atoms with Crippen LogP contribution in [0.4, 0.5) is 0 Å². The van der Waals surface area contributed by atoms with Gasteiger partial charge in [0.15, 0.2) is 0 Å². The average Bonchev–Trinajstić information content (AvgIpc) is 3.18. The van der Waals surface area contributed by atoms with Crippen LogP contribution in [-0.4, -0.2) is 72.1 Å². The van der Waals surface area contributed by atoms with Gasteiger partial charge in [0, 0.05) is 12.0 Å². The molecule has 13 nitrogen and oxygen atoms in total. The molecule has 2 atom stereocenters. The number of aryl methyl sites for hydroxylation is 1. The molecule has 2 amide bonds. The second-order valence-corrected chi connectivity index (χ2v) is 7.22. The molecule has 2 aromatic rings. The lowest BCUT2D eigenvalue weighted by atomic mass is 10.1. The minimum Gasteiger partial charge on any atom is -0.481 e. The van der Waals surface area contributed by atoms with Crippen LogP contribution in [0.1, 0.15) is 24.8 Å². The second-order valence-electron chi connectivity index (χ2n) is 7.22. The summed E-state index contributed by atoms with van der Waals surface area (Å²) in [6.45, 7) is 1.57. The maximum atomic E-state index is 12.3. The Labute approximate surface area is 187 Å². The first kappa shape index (κ1) is 25.0. The first-order valence-corrected chi connectivity index (χ1v) is 9.78. The van der Waals surface area contributed by atoms with Crippen LogP contribution in [-0.2, 0) is 30.5 Å². The number of benzene rings is 1. The number of carbonyl (C=O) groups is 5. The molecule has 0 bridgehead atoms. The lowest BCUT2D eigenvalue weighted by molar-refractivity contribution is -0.145. The summed E-state index contributed by atoms with van der Waals surface area (Å²) < 4.78 is 1.20. The van der Waals surface area contributed by atoms with E-state index in [0.717, 1.165) is 11.1 Å². The fraction of sp³-hybridized carbons (Fsp3) is 0.350. The maximum absolute atomic E-state index is 12.3. The lowest BCUT2D eigenvalue weighted by Gasteiger charge is -2.17. The third-order valence-corrected chi connectivity index (χ3v) is 4.49. The zero-order chi connectivity index (χ0) is 24.5. The van der Waals surface area contributed by atoms with Crippen molar-refractivity contribution in [3.8, 4) is 11.3 Å². The third-order valence-electron chi connectivity index (χ3n) is 4.49. The van der Waals surface area contributed by atoms with Gasteiger partial charge in [-0.25, -0.2) is 14.3 Å². The van der Waals surface area contributed by atoms with Gasteiger partial charge in [0.2, 0.25) is 11.8 Å². The summed E-state index contributed by atoms with van der Waals surface area (Å²) in [5.74, 6) is -5.94. The molecule has 0 aliphatic heterocycles. The minimum atomic E-state index is -1.63. The number of hydrogen-bond acceptors (Lipinski definition) is 7. The largest absolute Gasteiger partial charge is 0.481 e. The topological polar surface area (TPSA) is 201 Å². The van der Waals surface area contributed by atoms with Gasteiger partial charge in [-0.05, 0) is 13.3 Å². The number of hydrogen-bond donors (Lipinski definition) is 5. The van der Waals surface area contributed by atoms with Crippen LogP contribution >= 0.6 is 0 Å². The Balaban J connectivity index is 1.94. The predicted molar refractivity (Wildman–Crippen MR) is 111 cm³/mol. The van der Waals surface area contributed by atoms with Crippen LogP contribution < -0.4 is 10.6 Å². The zero-order valence-electron chi connectivity index (χ0n) is 17.6. The number of nitrogens with zero attached hydrogens (tertiary/aromatic N) is 3. The summed E-state index contributed by atoms with van der Waals surface area (Å²) >= 11 is 0. The molecule has 176 valence electrons. The molecule has 0 fully saturated rings. The van der Waals surface area contributed by atoms with Gasteiger partial charge in [0.25, 0.3) is 0 Å². The van der Waals surface area contributed by atoms with Crippen molar-refractivity contribution in [2.75, 3.05) is 0 Å². The van der Waals surface area contributed by atoms with Gasteiger partial charge >= 0.3 is 17.9 Å². The molecule has 2 rings (SSSR count). The van der Waals surface area contributed by atoms with Gasteiger partial charge in [-0.15, -0.1) is 5.10 Å². The predicted octanol–water partition coefficient (Wildman–Crippen LogP) is -0.353. The van der Waals surface area contributed by atoms with Crippen LogP contribution in [0.5, 0.6) is 0 Å². The van der Waals surface area contributed by atoms with E-state index in [1.165, 1.54) is 10.9 Å². The van der Waals surface area contributed by atoms with Crippen LogP contribution in [0.15, 0.2) is 30.5 Å². The highest BCUT2D eigenvalue weighted by molar-refractivity contribution is 5.90. The van der Waals surface area contributed by atoms with E-state index in [-0.39, 0.29) is 13.0 Å². The molecule has 13 heteroatoms. The number of rotatable bonds is 12. The van der Waals surface area contributed by atoms with Crippen molar-refractivity contribution in [1.29, 1.82) is 0 Å². The Morgan fingerprint density at radius 2 is 1.55 bits per heavy atom. The Hall–Kier alpha value is -4.29. The molecule has 0 aliphatic carbocycles. The van der Waals surface area contributed by atoms with Crippen molar-refractivity contribution in [1.82, 2.24) is 25.6 Å². The molecule has 33 heavy (non-hydrogen) atoms. The first-order valence-electron chi connectivity index (χ1n) is 9.78. The van der Waals surface area contributed by atoms with Crippen LogP contribution in [0.2, 0.25) is 0 Å². The average molecular weight is 461 g/mol. The fourth-order valence-corrected chi connectivity index (χ4v) is 2.78. The van der Waals surface area contributed by atoms with E-state index in [4.69, 9.17) is 10.2 Å². The molecule has 0 saturated heterocycles. The molecule has 0 saturated carbocycles. The summed E-state index contributed by atoms with van der Waals surface area (Å²) in [6, 6.07) is 4.31. The molecule has 1 aromatic carbocycles. The van der Waals surface area contributed by atoms with Gasteiger partial charge in [-0.1, -0.05) is 35.0 Å². The van der Waals surface area contributed by atoms with Gasteiger partial charge in [-0.3, -0.25) is 14.4 Å². The van der Waals surface area contributed by atoms with Gasteiger partial charge < -0.3 is 26.0 Å². The standard InChI is InChI=1S/C20H23N5O8/c1-11-2-4-12(5-3-11)15-9-25(24-23-15)10-17(27)22-14(20(32)33)8-16(26)21-13(19(30)31)6-7-18(28)29/h2-5,9,13-14H,6-8,10H2,1H3,(H,21,26)(H,22,27)(H,28,29)(H,30,31)(H,32,33)/t13-,14-/m0/s1. The number of carboxylic acids is 3. The second kappa shape index (κ2) is 11.4. The van der Waals surface area contributed by atoms with Crippen molar-refractivity contribution >= 4 is 29.7 Å². The number of nitrogens with one attached hydrogen (secondary N) is 2. The number of aromatic nitrogens is 3. The van der Waals surface area contributed by atoms with E-state index < -0.39 is 54.6 Å². The maximum Gasteiger partial charge on any atom is 0.326 e. The molecule has 5 N–H and O–H groups in total. The Kier molecular flexibility index (Phi) is 8.60. The van der Waals surface area contributed by atoms with Crippen molar-refractivity contribution in [3.05, 3.63) is 36.0 Å². The van der Waals surface area contributed by atoms with Crippen molar-refractivity contribution in [2.24, 2.45) is 0 Å². The van der Waals surface area contributed by atoms with E-state index in [9.17, 15) is 29.1 Å². The smallest absolute Gasteiger partial charge is 0.326 e. The number of amides is 2. The van der Waals surface area contributed by atoms with Crippen molar-refractivity contribution < 1.29 is 39.3 Å². The van der Waals surface area contributed by atoms with Crippen LogP contribution in [0, 0.1) is 6.92 Å². The number of carboxylic acid groups (broad SMARTS) is 3. The Morgan fingerprint density at radius 3 is 2.12 bits per heavy atom. The van der Waals surface area contributed by atoms with Gasteiger partial charge in [0.05, 0.1) is 12.6 Å². The summed E-state index contributed by atoms with van der Waals surface area (Å²) in [5, 5.41) is 39.1. The third kappa shape index (κ3) is 8.05. The van der Waals surface area contributed by atoms with Crippen LogP contribution in [0.3, 0.4) is 0 Å². The van der Waals surface area contributed by atoms with Crippen LogP contribution in [0.25, 0.3) is 11.3 Å². The Morgan fingerprint density at radius 1 is 0.939 bits per heavy atom. The quantitative estimate of drug-likeness (QED) is 0.278. The summed E-state index contributed by atoms with van der Waals surface area (Å²) in [6.07, 6.45) is -0.120. The normalized spacial score (nSPS) is 12.4. The number of aliphatic carboxylic acids is 3. The van der Waals surface area contributed by atoms with E-state index in [0.29, 0.717) is 5.69 Å². The summed E-state index contributed by atoms with van der Waals surface area (Å²) in [5.41, 5.74) is 2.35. The molecule has 0 aliphatic rings. The summed E-state index contributed by atoms with van der Waals surface area (Å²) in [4.78, 5) is 57.5. The van der Waals surface area contributed by atoms with E-state index >= 15 is 0 Å². The van der Waals surface area contributed by atoms with E-state index in [1.54, 1.807) is 0 Å². The SMILES string of the molecule is Cc1ccc(-c2cn(CC(=O)N[C@@H](CC(=O)N[C@@H](CCC(=O)O)C(=O)O)C(=O)O)nn2)cc1. The summed E-state index contributed by atoms with van der Waals surface area (Å²) in [7, 11) is 0. The molecule has 0 unspecified atom stereocenters. The first-order chi connectivity index (χ1) is 15.5. The molecular weight excluding hydrogens is 438 g/mol. The molecular formula is C20H23N5O8. The van der Waals surface area contributed by atoms with Gasteiger partial charge in [-0.2, -0.15) is 0 Å². The highest BCUT2D eigenvalue weighted by Gasteiger charge is 2.27.